The second-order valence-electron chi connectivity index (χ2n) is 18.5. The van der Waals surface area contributed by atoms with E-state index in [-0.39, 0.29) is 37.5 Å². The van der Waals surface area contributed by atoms with Crippen molar-refractivity contribution in [1.82, 2.24) is 0 Å². The molecule has 0 aliphatic rings. The number of carbonyl (C=O) groups is 3. The van der Waals surface area contributed by atoms with Crippen molar-refractivity contribution >= 4 is 17.9 Å². The summed E-state index contributed by atoms with van der Waals surface area (Å²) in [7, 11) is 0. The lowest BCUT2D eigenvalue weighted by molar-refractivity contribution is -0.166. The highest BCUT2D eigenvalue weighted by Crippen LogP contribution is 2.13. The zero-order chi connectivity index (χ0) is 50.0. The van der Waals surface area contributed by atoms with Crippen molar-refractivity contribution in [3.63, 3.8) is 0 Å². The highest BCUT2D eigenvalue weighted by atomic mass is 16.6. The summed E-state index contributed by atoms with van der Waals surface area (Å²) in [6, 6.07) is 0. The first kappa shape index (κ1) is 65.1. The van der Waals surface area contributed by atoms with E-state index in [4.69, 9.17) is 14.2 Å². The molecule has 1 atom stereocenters. The summed E-state index contributed by atoms with van der Waals surface area (Å²) in [4.78, 5) is 38.1. The molecule has 0 bridgehead atoms. The van der Waals surface area contributed by atoms with Crippen LogP contribution in [0, 0.1) is 0 Å². The molecule has 0 aromatic rings. The van der Waals surface area contributed by atoms with Crippen molar-refractivity contribution in [3.05, 3.63) is 109 Å². The molecule has 0 rings (SSSR count). The molecule has 0 aliphatic heterocycles. The van der Waals surface area contributed by atoms with Gasteiger partial charge in [-0.1, -0.05) is 220 Å². The van der Waals surface area contributed by atoms with Gasteiger partial charge in [0, 0.05) is 19.3 Å². The van der Waals surface area contributed by atoms with Crippen LogP contribution in [0.3, 0.4) is 0 Å². The fourth-order valence-corrected chi connectivity index (χ4v) is 7.43. The van der Waals surface area contributed by atoms with Crippen LogP contribution in [-0.2, 0) is 28.6 Å². The smallest absolute Gasteiger partial charge is 0.306 e. The summed E-state index contributed by atoms with van der Waals surface area (Å²) in [6.45, 7) is 6.48. The number of rotatable bonds is 50. The Morgan fingerprint density at radius 2 is 0.551 bits per heavy atom. The molecule has 0 aliphatic carbocycles. The summed E-state index contributed by atoms with van der Waals surface area (Å²) < 4.78 is 16.8. The Hall–Kier alpha value is -3.93. The number of hydrogen-bond acceptors (Lipinski definition) is 6. The molecule has 392 valence electrons. The molecule has 0 radical (unpaired) electrons. The minimum atomic E-state index is -0.820. The maximum absolute atomic E-state index is 12.8. The van der Waals surface area contributed by atoms with E-state index in [1.54, 1.807) is 0 Å². The number of allylic oxidation sites excluding steroid dienone is 18. The van der Waals surface area contributed by atoms with Crippen molar-refractivity contribution in [1.29, 1.82) is 0 Å². The Labute approximate surface area is 425 Å². The van der Waals surface area contributed by atoms with Crippen LogP contribution in [0.4, 0.5) is 0 Å². The monoisotopic (exact) mass is 957 g/mol. The van der Waals surface area contributed by atoms with E-state index in [2.05, 4.69) is 124 Å². The van der Waals surface area contributed by atoms with Crippen LogP contribution in [0.2, 0.25) is 0 Å². The SMILES string of the molecule is CCCCC/C=C\C/C=C\C/C=C\C/C=C\C/C=C\CCC(=O)OC[C@H](COC(=O)CCCCCCC/C=C\C/C=C\CCCCC)OC(=O)CCCCCCCCC/C=C\C/C=C\CCCCC. The third-order valence-electron chi connectivity index (χ3n) is 11.7. The zero-order valence-corrected chi connectivity index (χ0v) is 44.8. The van der Waals surface area contributed by atoms with Crippen molar-refractivity contribution in [2.45, 2.75) is 258 Å². The summed E-state index contributed by atoms with van der Waals surface area (Å²) in [5, 5.41) is 0. The number of unbranched alkanes of at least 4 members (excludes halogenated alkanes) is 21. The van der Waals surface area contributed by atoms with Gasteiger partial charge >= 0.3 is 17.9 Å². The Morgan fingerprint density at radius 1 is 0.290 bits per heavy atom. The van der Waals surface area contributed by atoms with Gasteiger partial charge < -0.3 is 14.2 Å². The zero-order valence-electron chi connectivity index (χ0n) is 44.8. The Balaban J connectivity index is 4.54. The molecule has 0 aromatic carbocycles. The van der Waals surface area contributed by atoms with Crippen LogP contribution in [0.25, 0.3) is 0 Å². The number of carbonyl (C=O) groups excluding carboxylic acids is 3. The van der Waals surface area contributed by atoms with Gasteiger partial charge in [-0.3, -0.25) is 14.4 Å². The molecule has 6 heteroatoms. The first-order valence-electron chi connectivity index (χ1n) is 28.4. The quantitative estimate of drug-likeness (QED) is 0.0262. The van der Waals surface area contributed by atoms with E-state index in [1.807, 2.05) is 6.08 Å². The summed E-state index contributed by atoms with van der Waals surface area (Å²) >= 11 is 0. The van der Waals surface area contributed by atoms with Crippen molar-refractivity contribution in [2.24, 2.45) is 0 Å². The largest absolute Gasteiger partial charge is 0.462 e. The summed E-state index contributed by atoms with van der Waals surface area (Å²) in [5.41, 5.74) is 0. The molecule has 0 spiro atoms. The maximum Gasteiger partial charge on any atom is 0.306 e. The predicted molar refractivity (Wildman–Crippen MR) is 297 cm³/mol. The van der Waals surface area contributed by atoms with E-state index in [9.17, 15) is 14.4 Å². The van der Waals surface area contributed by atoms with Crippen LogP contribution in [0.5, 0.6) is 0 Å². The van der Waals surface area contributed by atoms with E-state index in [1.165, 1.54) is 103 Å². The summed E-state index contributed by atoms with van der Waals surface area (Å²) in [6.07, 6.45) is 76.5. The molecular weight excluding hydrogens is 853 g/mol. The van der Waals surface area contributed by atoms with Crippen LogP contribution < -0.4 is 0 Å². The predicted octanol–water partition coefficient (Wildman–Crippen LogP) is 19.1. The van der Waals surface area contributed by atoms with Crippen LogP contribution in [0.15, 0.2) is 109 Å². The molecule has 0 aromatic heterocycles. The lowest BCUT2D eigenvalue weighted by Gasteiger charge is -2.18. The molecule has 0 N–H and O–H groups in total. The Morgan fingerprint density at radius 3 is 0.899 bits per heavy atom. The van der Waals surface area contributed by atoms with Gasteiger partial charge in [0.15, 0.2) is 6.10 Å². The van der Waals surface area contributed by atoms with Gasteiger partial charge in [-0.15, -0.1) is 0 Å². The van der Waals surface area contributed by atoms with Crippen LogP contribution in [-0.4, -0.2) is 37.2 Å². The maximum atomic E-state index is 12.8. The van der Waals surface area contributed by atoms with Crippen LogP contribution in [0.1, 0.15) is 252 Å². The topological polar surface area (TPSA) is 78.9 Å². The molecule has 0 saturated heterocycles. The molecule has 0 saturated carbocycles. The number of hydrogen-bond donors (Lipinski definition) is 0. The lowest BCUT2D eigenvalue weighted by atomic mass is 10.1. The number of ether oxygens (including phenoxy) is 3. The third-order valence-corrected chi connectivity index (χ3v) is 11.7. The normalized spacial score (nSPS) is 12.9. The molecule has 0 fully saturated rings. The second-order valence-corrected chi connectivity index (χ2v) is 18.5. The summed E-state index contributed by atoms with van der Waals surface area (Å²) in [5.74, 6) is -1.02. The molecule has 0 unspecified atom stereocenters. The molecule has 69 heavy (non-hydrogen) atoms. The lowest BCUT2D eigenvalue weighted by Crippen LogP contribution is -2.30. The average molecular weight is 958 g/mol. The fraction of sp³-hybridized carbons (Fsp3) is 0.667. The second kappa shape index (κ2) is 56.7. The third kappa shape index (κ3) is 54.9. The number of esters is 3. The fourth-order valence-electron chi connectivity index (χ4n) is 7.43. The highest BCUT2D eigenvalue weighted by Gasteiger charge is 2.19. The average Bonchev–Trinajstić information content (AvgIpc) is 3.35. The van der Waals surface area contributed by atoms with Gasteiger partial charge in [0.25, 0.3) is 0 Å². The van der Waals surface area contributed by atoms with Crippen molar-refractivity contribution in [3.8, 4) is 0 Å². The minimum absolute atomic E-state index is 0.113. The van der Waals surface area contributed by atoms with Gasteiger partial charge in [-0.05, 0) is 122 Å². The van der Waals surface area contributed by atoms with Gasteiger partial charge in [0.1, 0.15) is 13.2 Å². The van der Waals surface area contributed by atoms with Gasteiger partial charge in [0.2, 0.25) is 0 Å². The Bertz CT molecular complexity index is 1420. The first-order chi connectivity index (χ1) is 34.0. The standard InChI is InChI=1S/C63H104O6/c1-4-7-10-13-16-19-22-25-28-30-31-33-35-38-41-44-47-50-53-56-62(65)68-59-60(58-67-61(64)55-52-49-46-43-40-37-34-27-24-21-18-15-12-9-6-3)69-63(66)57-54-51-48-45-42-39-36-32-29-26-23-20-17-14-11-8-5-2/h16-21,25-29,31,33-34,38,41,47,50,60H,4-15,22-24,30,32,35-37,39-40,42-46,48-49,51-59H2,1-3H3/b19-16-,20-17-,21-18-,28-25-,29-26-,33-31-,34-27-,41-38-,50-47-/t60-/m0/s1. The van der Waals surface area contributed by atoms with E-state index in [0.29, 0.717) is 19.3 Å². The van der Waals surface area contributed by atoms with E-state index in [0.717, 1.165) is 103 Å². The first-order valence-corrected chi connectivity index (χ1v) is 28.4. The van der Waals surface area contributed by atoms with Gasteiger partial charge in [0.05, 0.1) is 0 Å². The Kier molecular flexibility index (Phi) is 53.4. The van der Waals surface area contributed by atoms with Crippen molar-refractivity contribution < 1.29 is 28.6 Å². The van der Waals surface area contributed by atoms with Crippen molar-refractivity contribution in [2.75, 3.05) is 13.2 Å². The molecule has 0 amide bonds. The van der Waals surface area contributed by atoms with Gasteiger partial charge in [-0.25, -0.2) is 0 Å². The van der Waals surface area contributed by atoms with Gasteiger partial charge in [-0.2, -0.15) is 0 Å². The molecular formula is C63H104O6. The van der Waals surface area contributed by atoms with Crippen LogP contribution >= 0.6 is 0 Å². The van der Waals surface area contributed by atoms with E-state index < -0.39 is 6.10 Å². The molecule has 6 nitrogen and oxygen atoms in total. The van der Waals surface area contributed by atoms with E-state index >= 15 is 0 Å². The molecule has 0 heterocycles. The highest BCUT2D eigenvalue weighted by molar-refractivity contribution is 5.71. The minimum Gasteiger partial charge on any atom is -0.462 e.